The van der Waals surface area contributed by atoms with Gasteiger partial charge in [0.2, 0.25) is 10.0 Å². The Labute approximate surface area is 131 Å². The molecule has 22 heavy (non-hydrogen) atoms. The van der Waals surface area contributed by atoms with Crippen LogP contribution in [0.4, 0.5) is 5.69 Å². The maximum atomic E-state index is 12.5. The van der Waals surface area contributed by atoms with E-state index in [9.17, 15) is 13.2 Å². The molecule has 1 amide bonds. The molecule has 2 bridgehead atoms. The van der Waals surface area contributed by atoms with Crippen molar-refractivity contribution in [1.29, 1.82) is 0 Å². The molecule has 2 fully saturated rings. The van der Waals surface area contributed by atoms with E-state index >= 15 is 0 Å². The highest BCUT2D eigenvalue weighted by atomic mass is 32.2. The fourth-order valence-electron chi connectivity index (χ4n) is 3.86. The zero-order valence-corrected chi connectivity index (χ0v) is 13.7. The number of fused-ring (bicyclic) bond motifs is 2. The van der Waals surface area contributed by atoms with Gasteiger partial charge < -0.3 is 5.32 Å². The predicted octanol–water partition coefficient (Wildman–Crippen LogP) is 2.28. The first-order valence-electron chi connectivity index (χ1n) is 7.72. The molecule has 0 radical (unpaired) electrons. The van der Waals surface area contributed by atoms with E-state index in [2.05, 4.69) is 10.0 Å². The molecule has 2 N–H and O–H groups in total. The van der Waals surface area contributed by atoms with E-state index in [1.807, 2.05) is 0 Å². The lowest BCUT2D eigenvalue weighted by molar-refractivity contribution is 0.0922. The third-order valence-electron chi connectivity index (χ3n) is 4.93. The van der Waals surface area contributed by atoms with Crippen LogP contribution < -0.4 is 10.0 Å². The lowest BCUT2D eigenvalue weighted by Crippen LogP contribution is -2.38. The van der Waals surface area contributed by atoms with Crippen molar-refractivity contribution in [2.75, 3.05) is 11.0 Å². The number of rotatable bonds is 4. The molecule has 6 heteroatoms. The fourth-order valence-corrected chi connectivity index (χ4v) is 4.48. The van der Waals surface area contributed by atoms with Gasteiger partial charge in [-0.1, -0.05) is 12.5 Å². The van der Waals surface area contributed by atoms with Gasteiger partial charge in [0.1, 0.15) is 0 Å². The van der Waals surface area contributed by atoms with Crippen molar-refractivity contribution in [1.82, 2.24) is 5.32 Å². The molecule has 1 aromatic carbocycles. The summed E-state index contributed by atoms with van der Waals surface area (Å²) in [5.74, 6) is 1.29. The third-order valence-corrected chi connectivity index (χ3v) is 5.52. The molecule has 2 saturated carbocycles. The van der Waals surface area contributed by atoms with Crippen LogP contribution >= 0.6 is 0 Å². The quantitative estimate of drug-likeness (QED) is 0.893. The molecule has 3 unspecified atom stereocenters. The lowest BCUT2D eigenvalue weighted by Gasteiger charge is -2.23. The minimum absolute atomic E-state index is 0.104. The molecule has 5 nitrogen and oxygen atoms in total. The van der Waals surface area contributed by atoms with Gasteiger partial charge in [-0.2, -0.15) is 0 Å². The number of carbonyl (C=O) groups excluding carboxylic acids is 1. The second-order valence-electron chi connectivity index (χ2n) is 6.61. The van der Waals surface area contributed by atoms with Crippen LogP contribution in [0.5, 0.6) is 0 Å². The molecule has 0 aromatic heterocycles. The van der Waals surface area contributed by atoms with Gasteiger partial charge in [0.25, 0.3) is 5.91 Å². The molecular weight excluding hydrogens is 300 g/mol. The summed E-state index contributed by atoms with van der Waals surface area (Å²) >= 11 is 0. The van der Waals surface area contributed by atoms with Crippen LogP contribution in [-0.2, 0) is 10.0 Å². The van der Waals surface area contributed by atoms with Crippen molar-refractivity contribution in [3.63, 3.8) is 0 Å². The molecule has 2 aliphatic rings. The highest BCUT2D eigenvalue weighted by molar-refractivity contribution is 7.92. The summed E-state index contributed by atoms with van der Waals surface area (Å²) in [6.07, 6.45) is 5.93. The van der Waals surface area contributed by atoms with Crippen molar-refractivity contribution in [3.05, 3.63) is 29.3 Å². The monoisotopic (exact) mass is 322 g/mol. The second-order valence-corrected chi connectivity index (χ2v) is 8.36. The van der Waals surface area contributed by atoms with Gasteiger partial charge in [0, 0.05) is 11.6 Å². The van der Waals surface area contributed by atoms with Gasteiger partial charge >= 0.3 is 0 Å². The highest BCUT2D eigenvalue weighted by Crippen LogP contribution is 2.44. The number of sulfonamides is 1. The van der Waals surface area contributed by atoms with E-state index in [4.69, 9.17) is 0 Å². The van der Waals surface area contributed by atoms with Gasteiger partial charge in [0.15, 0.2) is 0 Å². The Morgan fingerprint density at radius 3 is 2.59 bits per heavy atom. The summed E-state index contributed by atoms with van der Waals surface area (Å²) in [4.78, 5) is 12.5. The van der Waals surface area contributed by atoms with Crippen molar-refractivity contribution < 1.29 is 13.2 Å². The summed E-state index contributed by atoms with van der Waals surface area (Å²) in [7, 11) is -3.35. The number of nitrogens with one attached hydrogen (secondary N) is 2. The Balaban J connectivity index is 1.76. The van der Waals surface area contributed by atoms with Crippen LogP contribution in [0, 0.1) is 18.8 Å². The number of anilines is 1. The minimum Gasteiger partial charge on any atom is -0.349 e. The normalized spacial score (nSPS) is 26.9. The zero-order chi connectivity index (χ0) is 15.9. The smallest absolute Gasteiger partial charge is 0.251 e. The largest absolute Gasteiger partial charge is 0.349 e. The Hall–Kier alpha value is -1.56. The maximum Gasteiger partial charge on any atom is 0.251 e. The van der Waals surface area contributed by atoms with E-state index in [1.54, 1.807) is 25.1 Å². The number of carbonyl (C=O) groups is 1. The van der Waals surface area contributed by atoms with E-state index in [1.165, 1.54) is 19.3 Å². The topological polar surface area (TPSA) is 75.3 Å². The van der Waals surface area contributed by atoms with Gasteiger partial charge in [-0.3, -0.25) is 9.52 Å². The van der Waals surface area contributed by atoms with Crippen LogP contribution in [0.1, 0.15) is 41.6 Å². The minimum atomic E-state index is -3.35. The van der Waals surface area contributed by atoms with E-state index in [-0.39, 0.29) is 11.9 Å². The average Bonchev–Trinajstić information content (AvgIpc) is 3.02. The fraction of sp³-hybridized carbons (Fsp3) is 0.562. The van der Waals surface area contributed by atoms with Crippen molar-refractivity contribution in [2.45, 2.75) is 38.6 Å². The first kappa shape index (κ1) is 15.3. The summed E-state index contributed by atoms with van der Waals surface area (Å²) < 4.78 is 25.2. The summed E-state index contributed by atoms with van der Waals surface area (Å²) in [5.41, 5.74) is 1.66. The van der Waals surface area contributed by atoms with Crippen LogP contribution in [0.3, 0.4) is 0 Å². The molecule has 0 heterocycles. The lowest BCUT2D eigenvalue weighted by atomic mass is 9.95. The van der Waals surface area contributed by atoms with Crippen LogP contribution in [0.15, 0.2) is 18.2 Å². The van der Waals surface area contributed by atoms with Crippen LogP contribution in [-0.4, -0.2) is 26.6 Å². The number of hydrogen-bond acceptors (Lipinski definition) is 3. The SMILES string of the molecule is Cc1c(NS(C)(=O)=O)cccc1C(=O)NC1CC2CCC1C2. The molecule has 1 aromatic rings. The molecule has 120 valence electrons. The Morgan fingerprint density at radius 1 is 1.23 bits per heavy atom. The summed E-state index contributed by atoms with van der Waals surface area (Å²) in [6, 6.07) is 5.39. The number of benzene rings is 1. The Bertz CT molecular complexity index is 699. The van der Waals surface area contributed by atoms with Gasteiger partial charge in [-0.15, -0.1) is 0 Å². The number of amides is 1. The molecule has 2 aliphatic carbocycles. The second kappa shape index (κ2) is 5.57. The molecule has 0 saturated heterocycles. The number of hydrogen-bond donors (Lipinski definition) is 2. The molecule has 3 rings (SSSR count). The summed E-state index contributed by atoms with van der Waals surface area (Å²) in [5, 5.41) is 3.14. The Morgan fingerprint density at radius 2 is 2.00 bits per heavy atom. The van der Waals surface area contributed by atoms with Gasteiger partial charge in [-0.25, -0.2) is 8.42 Å². The Kier molecular flexibility index (Phi) is 3.89. The molecule has 0 aliphatic heterocycles. The summed E-state index contributed by atoms with van der Waals surface area (Å²) in [6.45, 7) is 1.77. The highest BCUT2D eigenvalue weighted by Gasteiger charge is 2.40. The van der Waals surface area contributed by atoms with E-state index in [0.717, 1.165) is 18.6 Å². The molecule has 3 atom stereocenters. The van der Waals surface area contributed by atoms with Gasteiger partial charge in [-0.05, 0) is 55.7 Å². The first-order chi connectivity index (χ1) is 10.3. The van der Waals surface area contributed by atoms with Crippen molar-refractivity contribution in [3.8, 4) is 0 Å². The van der Waals surface area contributed by atoms with E-state index in [0.29, 0.717) is 22.7 Å². The predicted molar refractivity (Wildman–Crippen MR) is 86.3 cm³/mol. The zero-order valence-electron chi connectivity index (χ0n) is 12.9. The van der Waals surface area contributed by atoms with Crippen LogP contribution in [0.2, 0.25) is 0 Å². The third kappa shape index (κ3) is 3.11. The first-order valence-corrected chi connectivity index (χ1v) is 9.61. The van der Waals surface area contributed by atoms with Gasteiger partial charge in [0.05, 0.1) is 11.9 Å². The van der Waals surface area contributed by atoms with E-state index < -0.39 is 10.0 Å². The average molecular weight is 322 g/mol. The maximum absolute atomic E-state index is 12.5. The molecular formula is C16H22N2O3S. The molecule has 0 spiro atoms. The standard InChI is InChI=1S/C16H22N2O3S/c1-10-13(4-3-5-14(10)18-22(2,20)21)16(19)17-15-9-11-6-7-12(15)8-11/h3-5,11-12,15,18H,6-9H2,1-2H3,(H,17,19). The van der Waals surface area contributed by atoms with Crippen molar-refractivity contribution in [2.24, 2.45) is 11.8 Å². The van der Waals surface area contributed by atoms with Crippen molar-refractivity contribution >= 4 is 21.6 Å². The van der Waals surface area contributed by atoms with Crippen LogP contribution in [0.25, 0.3) is 0 Å².